The second-order valence-electron chi connectivity index (χ2n) is 5.01. The minimum atomic E-state index is -0.254. The molecule has 0 atom stereocenters. The van der Waals surface area contributed by atoms with Gasteiger partial charge in [0.25, 0.3) is 0 Å². The first kappa shape index (κ1) is 14.4. The lowest BCUT2D eigenvalue weighted by atomic mass is 10.1. The Kier molecular flexibility index (Phi) is 4.61. The number of benzene rings is 1. The minimum Gasteiger partial charge on any atom is -0.469 e. The van der Waals surface area contributed by atoms with Crippen LogP contribution in [0.4, 0.5) is 4.79 Å². The van der Waals surface area contributed by atoms with E-state index >= 15 is 0 Å². The van der Waals surface area contributed by atoms with Crippen molar-refractivity contribution in [3.05, 3.63) is 35.9 Å². The van der Waals surface area contributed by atoms with Crippen LogP contribution in [0, 0.1) is 0 Å². The van der Waals surface area contributed by atoms with Crippen LogP contribution in [0.2, 0.25) is 0 Å². The zero-order valence-electron chi connectivity index (χ0n) is 11.6. The van der Waals surface area contributed by atoms with E-state index in [1.165, 1.54) is 7.11 Å². The maximum absolute atomic E-state index is 11.8. The van der Waals surface area contributed by atoms with Crippen LogP contribution in [0.3, 0.4) is 0 Å². The maximum Gasteiger partial charge on any atom is 0.315 e. The van der Waals surface area contributed by atoms with E-state index in [0.717, 1.165) is 18.4 Å². The van der Waals surface area contributed by atoms with Gasteiger partial charge in [-0.25, -0.2) is 4.79 Å². The molecule has 5 nitrogen and oxygen atoms in total. The molecule has 1 aromatic rings. The fraction of sp³-hybridized carbons (Fsp3) is 0.467. The summed E-state index contributed by atoms with van der Waals surface area (Å²) in [6, 6.07) is 9.80. The van der Waals surface area contributed by atoms with E-state index in [4.69, 9.17) is 0 Å². The van der Waals surface area contributed by atoms with E-state index in [1.54, 1.807) is 0 Å². The van der Waals surface area contributed by atoms with Gasteiger partial charge in [0, 0.05) is 13.0 Å². The van der Waals surface area contributed by atoms with Crippen LogP contribution in [0.15, 0.2) is 30.3 Å². The first-order chi connectivity index (χ1) is 9.66. The summed E-state index contributed by atoms with van der Waals surface area (Å²) in [6.07, 6.45) is 2.83. The Hall–Kier alpha value is -2.04. The predicted octanol–water partition coefficient (Wildman–Crippen LogP) is 1.93. The fourth-order valence-electron chi connectivity index (χ4n) is 2.17. The summed E-state index contributed by atoms with van der Waals surface area (Å²) in [6.45, 7) is 0.464. The molecule has 2 rings (SSSR count). The number of rotatable bonds is 6. The van der Waals surface area contributed by atoms with E-state index in [2.05, 4.69) is 15.4 Å². The second kappa shape index (κ2) is 6.41. The molecule has 108 valence electrons. The van der Waals surface area contributed by atoms with E-state index in [0.29, 0.717) is 19.4 Å². The number of carbonyl (C=O) groups excluding carboxylic acids is 2. The van der Waals surface area contributed by atoms with Crippen LogP contribution in [-0.2, 0) is 15.1 Å². The third-order valence-electron chi connectivity index (χ3n) is 3.50. The average Bonchev–Trinajstić information content (AvgIpc) is 3.25. The Bertz CT molecular complexity index is 469. The minimum absolute atomic E-state index is 0.184. The molecular weight excluding hydrogens is 256 g/mol. The molecule has 20 heavy (non-hydrogen) atoms. The summed E-state index contributed by atoms with van der Waals surface area (Å²) < 4.78 is 4.54. The van der Waals surface area contributed by atoms with Crippen LogP contribution in [0.25, 0.3) is 0 Å². The van der Waals surface area contributed by atoms with Gasteiger partial charge >= 0.3 is 12.0 Å². The molecule has 2 N–H and O–H groups in total. The summed E-state index contributed by atoms with van der Waals surface area (Å²) in [5.41, 5.74) is 0.943. The Morgan fingerprint density at radius 1 is 1.25 bits per heavy atom. The Labute approximate surface area is 118 Å². The summed E-state index contributed by atoms with van der Waals surface area (Å²) in [7, 11) is 1.36. The number of esters is 1. The number of urea groups is 1. The number of nitrogens with one attached hydrogen (secondary N) is 2. The lowest BCUT2D eigenvalue weighted by Gasteiger charge is -2.18. The van der Waals surface area contributed by atoms with Gasteiger partial charge in [-0.1, -0.05) is 30.3 Å². The van der Waals surface area contributed by atoms with Crippen molar-refractivity contribution >= 4 is 12.0 Å². The van der Waals surface area contributed by atoms with Gasteiger partial charge in [-0.3, -0.25) is 4.79 Å². The fourth-order valence-corrected chi connectivity index (χ4v) is 2.17. The molecule has 1 aliphatic carbocycles. The largest absolute Gasteiger partial charge is 0.469 e. The molecule has 1 aromatic carbocycles. The number of ether oxygens (including phenoxy) is 1. The molecule has 0 saturated heterocycles. The van der Waals surface area contributed by atoms with Gasteiger partial charge in [0.05, 0.1) is 12.6 Å². The van der Waals surface area contributed by atoms with E-state index in [-0.39, 0.29) is 17.5 Å². The molecule has 5 heteroatoms. The number of methoxy groups -OCH3 is 1. The first-order valence-electron chi connectivity index (χ1n) is 6.85. The van der Waals surface area contributed by atoms with Gasteiger partial charge in [0.15, 0.2) is 0 Å². The van der Waals surface area contributed by atoms with E-state index in [1.807, 2.05) is 30.3 Å². The van der Waals surface area contributed by atoms with Crippen LogP contribution >= 0.6 is 0 Å². The van der Waals surface area contributed by atoms with Crippen molar-refractivity contribution in [3.8, 4) is 0 Å². The maximum atomic E-state index is 11.8. The topological polar surface area (TPSA) is 67.4 Å². The molecule has 2 amide bonds. The van der Waals surface area contributed by atoms with Gasteiger partial charge in [-0.05, 0) is 24.8 Å². The van der Waals surface area contributed by atoms with Gasteiger partial charge < -0.3 is 15.4 Å². The molecule has 0 spiro atoms. The predicted molar refractivity (Wildman–Crippen MR) is 75.1 cm³/mol. The van der Waals surface area contributed by atoms with Gasteiger partial charge in [0.2, 0.25) is 0 Å². The molecule has 0 heterocycles. The van der Waals surface area contributed by atoms with Gasteiger partial charge in [-0.15, -0.1) is 0 Å². The lowest BCUT2D eigenvalue weighted by Crippen LogP contribution is -2.42. The molecule has 1 saturated carbocycles. The lowest BCUT2D eigenvalue weighted by molar-refractivity contribution is -0.140. The number of carbonyl (C=O) groups is 2. The summed E-state index contributed by atoms with van der Waals surface area (Å²) in [5, 5.41) is 5.79. The van der Waals surface area contributed by atoms with Crippen LogP contribution < -0.4 is 10.6 Å². The summed E-state index contributed by atoms with van der Waals surface area (Å²) in [4.78, 5) is 22.8. The molecule has 0 aromatic heterocycles. The van der Waals surface area contributed by atoms with Crippen LogP contribution in [0.5, 0.6) is 0 Å². The van der Waals surface area contributed by atoms with Crippen molar-refractivity contribution in [2.24, 2.45) is 0 Å². The highest BCUT2D eigenvalue weighted by molar-refractivity contribution is 5.75. The highest BCUT2D eigenvalue weighted by Gasteiger charge is 2.45. The quantitative estimate of drug-likeness (QED) is 0.616. The monoisotopic (exact) mass is 276 g/mol. The van der Waals surface area contributed by atoms with E-state index < -0.39 is 0 Å². The molecule has 0 radical (unpaired) electrons. The molecular formula is C15H20N2O3. The zero-order valence-corrected chi connectivity index (χ0v) is 11.6. The molecule has 1 fully saturated rings. The van der Waals surface area contributed by atoms with Crippen LogP contribution in [0.1, 0.15) is 31.2 Å². The number of hydrogen-bond donors (Lipinski definition) is 2. The number of hydrogen-bond acceptors (Lipinski definition) is 3. The molecule has 0 aliphatic heterocycles. The van der Waals surface area contributed by atoms with Crippen molar-refractivity contribution in [1.82, 2.24) is 10.6 Å². The highest BCUT2D eigenvalue weighted by atomic mass is 16.5. The van der Waals surface area contributed by atoms with Gasteiger partial charge in [0.1, 0.15) is 0 Å². The third-order valence-corrected chi connectivity index (χ3v) is 3.50. The molecule has 0 unspecified atom stereocenters. The first-order valence-corrected chi connectivity index (χ1v) is 6.85. The van der Waals surface area contributed by atoms with Gasteiger partial charge in [-0.2, -0.15) is 0 Å². The Morgan fingerprint density at radius 3 is 2.55 bits per heavy atom. The van der Waals surface area contributed by atoms with Crippen molar-refractivity contribution in [1.29, 1.82) is 0 Å². The second-order valence-corrected chi connectivity index (χ2v) is 5.01. The Morgan fingerprint density at radius 2 is 1.95 bits per heavy atom. The standard InChI is InChI=1S/C15H20N2O3/c1-20-13(18)8-5-11-16-14(19)17-15(9-10-15)12-6-3-2-4-7-12/h2-4,6-7H,5,8-11H2,1H3,(H2,16,17,19). The van der Waals surface area contributed by atoms with Crippen molar-refractivity contribution in [2.45, 2.75) is 31.2 Å². The number of amides is 2. The van der Waals surface area contributed by atoms with Crippen molar-refractivity contribution in [3.63, 3.8) is 0 Å². The molecule has 0 bridgehead atoms. The third kappa shape index (κ3) is 3.73. The highest BCUT2D eigenvalue weighted by Crippen LogP contribution is 2.45. The van der Waals surface area contributed by atoms with Crippen LogP contribution in [-0.4, -0.2) is 25.7 Å². The SMILES string of the molecule is COC(=O)CCCNC(=O)NC1(c2ccccc2)CC1. The molecule has 1 aliphatic rings. The zero-order chi connectivity index (χ0) is 14.4. The van der Waals surface area contributed by atoms with E-state index in [9.17, 15) is 9.59 Å². The summed E-state index contributed by atoms with van der Waals surface area (Å²) in [5.74, 6) is -0.254. The normalized spacial score (nSPS) is 15.2. The Balaban J connectivity index is 1.74. The smallest absolute Gasteiger partial charge is 0.315 e. The van der Waals surface area contributed by atoms with Crippen molar-refractivity contribution in [2.75, 3.05) is 13.7 Å². The average molecular weight is 276 g/mol. The van der Waals surface area contributed by atoms with Crippen molar-refractivity contribution < 1.29 is 14.3 Å². The summed E-state index contributed by atoms with van der Waals surface area (Å²) >= 11 is 0.